The molecule has 0 spiro atoms. The molecule has 1 amide bonds. The van der Waals surface area contributed by atoms with E-state index in [-0.39, 0.29) is 5.91 Å². The van der Waals surface area contributed by atoms with Gasteiger partial charge in [0.2, 0.25) is 0 Å². The van der Waals surface area contributed by atoms with Crippen LogP contribution < -0.4 is 11.1 Å². The van der Waals surface area contributed by atoms with Crippen molar-refractivity contribution < 1.29 is 4.79 Å². The molecule has 3 aromatic heterocycles. The van der Waals surface area contributed by atoms with E-state index in [1.165, 1.54) is 0 Å². The zero-order chi connectivity index (χ0) is 21.8. The highest BCUT2D eigenvalue weighted by Crippen LogP contribution is 2.21. The van der Waals surface area contributed by atoms with Crippen molar-refractivity contribution in [3.63, 3.8) is 0 Å². The molecule has 1 aromatic carbocycles. The lowest BCUT2D eigenvalue weighted by Crippen LogP contribution is -2.22. The molecule has 4 rings (SSSR count). The molecule has 0 saturated heterocycles. The van der Waals surface area contributed by atoms with Crippen molar-refractivity contribution in [3.05, 3.63) is 87.5 Å². The number of anilines is 1. The maximum absolute atomic E-state index is 12.5. The van der Waals surface area contributed by atoms with Crippen LogP contribution in [0.1, 0.15) is 32.6 Å². The van der Waals surface area contributed by atoms with Crippen molar-refractivity contribution >= 4 is 23.1 Å². The summed E-state index contributed by atoms with van der Waals surface area (Å²) < 4.78 is 1.73. The number of aromatic nitrogens is 3. The highest BCUT2D eigenvalue weighted by molar-refractivity contribution is 7.07. The van der Waals surface area contributed by atoms with Crippen LogP contribution in [-0.2, 0) is 13.6 Å². The van der Waals surface area contributed by atoms with Crippen LogP contribution in [0, 0.1) is 18.8 Å². The minimum Gasteiger partial charge on any atom is -0.383 e. The Hall–Kier alpha value is -3.89. The van der Waals surface area contributed by atoms with Crippen LogP contribution in [0.2, 0.25) is 0 Å². The van der Waals surface area contributed by atoms with Gasteiger partial charge in [-0.1, -0.05) is 17.9 Å². The monoisotopic (exact) mass is 427 g/mol. The number of pyridine rings is 1. The molecule has 0 saturated carbocycles. The van der Waals surface area contributed by atoms with Crippen LogP contribution in [0.25, 0.3) is 11.1 Å². The summed E-state index contributed by atoms with van der Waals surface area (Å²) in [6, 6.07) is 9.41. The van der Waals surface area contributed by atoms with Crippen LogP contribution in [0.3, 0.4) is 0 Å². The van der Waals surface area contributed by atoms with E-state index in [2.05, 4.69) is 27.2 Å². The van der Waals surface area contributed by atoms with Crippen molar-refractivity contribution in [2.45, 2.75) is 13.5 Å². The van der Waals surface area contributed by atoms with Gasteiger partial charge in [0.1, 0.15) is 5.82 Å². The number of hydrogen-bond acceptors (Lipinski definition) is 5. The molecule has 0 radical (unpaired) electrons. The summed E-state index contributed by atoms with van der Waals surface area (Å²) in [5.74, 6) is 6.50. The highest BCUT2D eigenvalue weighted by Gasteiger charge is 2.08. The second kappa shape index (κ2) is 8.86. The first-order valence-corrected chi connectivity index (χ1v) is 10.6. The second-order valence-corrected chi connectivity index (χ2v) is 7.93. The van der Waals surface area contributed by atoms with Crippen molar-refractivity contribution in [1.82, 2.24) is 20.1 Å². The largest absolute Gasteiger partial charge is 0.383 e. The Labute approximate surface area is 184 Å². The number of nitrogens with two attached hydrogens (primary N) is 1. The summed E-state index contributed by atoms with van der Waals surface area (Å²) in [4.78, 5) is 16.8. The summed E-state index contributed by atoms with van der Waals surface area (Å²) in [6.45, 7) is 2.46. The van der Waals surface area contributed by atoms with Crippen molar-refractivity contribution in [1.29, 1.82) is 0 Å². The van der Waals surface area contributed by atoms with E-state index in [4.69, 9.17) is 5.73 Å². The fourth-order valence-electron chi connectivity index (χ4n) is 3.01. The SMILES string of the molecule is Cc1ccc(C(=O)NCc2ccsc2)cc1C#Cc1cc(-c2cnn(C)c2)cnc1N. The fraction of sp³-hybridized carbons (Fsp3) is 0.125. The Morgan fingerprint density at radius 2 is 2.00 bits per heavy atom. The van der Waals surface area contributed by atoms with Gasteiger partial charge in [-0.25, -0.2) is 4.98 Å². The van der Waals surface area contributed by atoms with Crippen LogP contribution in [-0.4, -0.2) is 20.7 Å². The minimum atomic E-state index is -0.131. The predicted molar refractivity (Wildman–Crippen MR) is 123 cm³/mol. The lowest BCUT2D eigenvalue weighted by atomic mass is 10.0. The van der Waals surface area contributed by atoms with Crippen molar-refractivity contribution in [2.75, 3.05) is 5.73 Å². The molecule has 154 valence electrons. The van der Waals surface area contributed by atoms with Gasteiger partial charge in [0.25, 0.3) is 5.91 Å². The van der Waals surface area contributed by atoms with Crippen LogP contribution in [0.5, 0.6) is 0 Å². The predicted octanol–water partition coefficient (Wildman–Crippen LogP) is 3.76. The molecule has 0 aliphatic heterocycles. The Kier molecular flexibility index (Phi) is 5.83. The molecule has 0 unspecified atom stereocenters. The maximum Gasteiger partial charge on any atom is 0.251 e. The molecule has 3 heterocycles. The lowest BCUT2D eigenvalue weighted by Gasteiger charge is -2.06. The number of hydrogen-bond donors (Lipinski definition) is 2. The third-order valence-electron chi connectivity index (χ3n) is 4.82. The summed E-state index contributed by atoms with van der Waals surface area (Å²) >= 11 is 1.61. The number of rotatable bonds is 4. The first kappa shape index (κ1) is 20.4. The normalized spacial score (nSPS) is 10.4. The summed E-state index contributed by atoms with van der Waals surface area (Å²) in [7, 11) is 1.86. The van der Waals surface area contributed by atoms with Crippen LogP contribution >= 0.6 is 11.3 Å². The number of benzene rings is 1. The Morgan fingerprint density at radius 1 is 1.16 bits per heavy atom. The molecule has 4 aromatic rings. The topological polar surface area (TPSA) is 85.8 Å². The third-order valence-corrected chi connectivity index (χ3v) is 5.55. The van der Waals surface area contributed by atoms with Gasteiger partial charge in [-0.3, -0.25) is 9.48 Å². The van der Waals surface area contributed by atoms with Gasteiger partial charge >= 0.3 is 0 Å². The number of nitrogen functional groups attached to an aromatic ring is 1. The van der Waals surface area contributed by atoms with Gasteiger partial charge in [0, 0.05) is 48.2 Å². The van der Waals surface area contributed by atoms with Crippen LogP contribution in [0.4, 0.5) is 5.82 Å². The standard InChI is InChI=1S/C24H21N5OS/c1-16-3-4-20(24(30)27-11-17-7-8-31-15-17)9-18(16)5-6-19-10-21(12-26-23(19)25)22-13-28-29(2)14-22/h3-4,7-10,12-15H,11H2,1-2H3,(H2,25,26)(H,27,30). The summed E-state index contributed by atoms with van der Waals surface area (Å²) in [5, 5.41) is 11.1. The molecule has 0 fully saturated rings. The van der Waals surface area contributed by atoms with E-state index < -0.39 is 0 Å². The van der Waals surface area contributed by atoms with Crippen molar-refractivity contribution in [2.24, 2.45) is 7.05 Å². The van der Waals surface area contributed by atoms with E-state index in [1.54, 1.807) is 34.5 Å². The smallest absolute Gasteiger partial charge is 0.251 e. The quantitative estimate of drug-likeness (QED) is 0.486. The average Bonchev–Trinajstić information content (AvgIpc) is 3.44. The van der Waals surface area contributed by atoms with E-state index in [0.717, 1.165) is 27.8 Å². The van der Waals surface area contributed by atoms with Gasteiger partial charge in [-0.2, -0.15) is 16.4 Å². The molecule has 0 atom stereocenters. The summed E-state index contributed by atoms with van der Waals surface area (Å²) in [5.41, 5.74) is 11.9. The first-order valence-electron chi connectivity index (χ1n) is 9.66. The number of nitrogens with one attached hydrogen (secondary N) is 1. The molecule has 31 heavy (non-hydrogen) atoms. The Morgan fingerprint density at radius 3 is 2.74 bits per heavy atom. The molecular formula is C24H21N5OS. The number of nitrogens with zero attached hydrogens (tertiary/aromatic N) is 3. The molecule has 3 N–H and O–H groups in total. The second-order valence-electron chi connectivity index (χ2n) is 7.15. The maximum atomic E-state index is 12.5. The van der Waals surface area contributed by atoms with Gasteiger partial charge in [0.05, 0.1) is 11.8 Å². The molecule has 6 nitrogen and oxygen atoms in total. The van der Waals surface area contributed by atoms with E-state index in [0.29, 0.717) is 23.5 Å². The highest BCUT2D eigenvalue weighted by atomic mass is 32.1. The fourth-order valence-corrected chi connectivity index (χ4v) is 3.68. The van der Waals surface area contributed by atoms with E-state index >= 15 is 0 Å². The van der Waals surface area contributed by atoms with Crippen LogP contribution in [0.15, 0.2) is 59.7 Å². The Bertz CT molecular complexity index is 1300. The van der Waals surface area contributed by atoms with E-state index in [9.17, 15) is 4.79 Å². The zero-order valence-corrected chi connectivity index (χ0v) is 18.0. The number of amides is 1. The third kappa shape index (κ3) is 4.82. The van der Waals surface area contributed by atoms with Gasteiger partial charge in [0.15, 0.2) is 0 Å². The van der Waals surface area contributed by atoms with Gasteiger partial charge < -0.3 is 11.1 Å². The van der Waals surface area contributed by atoms with Crippen molar-refractivity contribution in [3.8, 4) is 23.0 Å². The molecule has 0 aliphatic rings. The van der Waals surface area contributed by atoms with Gasteiger partial charge in [-0.05, 0) is 53.1 Å². The minimum absolute atomic E-state index is 0.131. The average molecular weight is 428 g/mol. The molecule has 7 heteroatoms. The number of thiophene rings is 1. The lowest BCUT2D eigenvalue weighted by molar-refractivity contribution is 0.0951. The van der Waals surface area contributed by atoms with Gasteiger partial charge in [-0.15, -0.1) is 0 Å². The Balaban J connectivity index is 1.57. The molecule has 0 bridgehead atoms. The zero-order valence-electron chi connectivity index (χ0n) is 17.2. The summed E-state index contributed by atoms with van der Waals surface area (Å²) in [6.07, 6.45) is 5.39. The van der Waals surface area contributed by atoms with E-state index in [1.807, 2.05) is 55.2 Å². The molecule has 0 aliphatic carbocycles. The number of carbonyl (C=O) groups is 1. The number of aryl methyl sites for hydroxylation is 2. The first-order chi connectivity index (χ1) is 15.0. The molecular weight excluding hydrogens is 406 g/mol. The number of carbonyl (C=O) groups excluding carboxylic acids is 1.